The first-order valence-electron chi connectivity index (χ1n) is 7.30. The number of rotatable bonds is 7. The van der Waals surface area contributed by atoms with Gasteiger partial charge in [0.2, 0.25) is 11.8 Å². The highest BCUT2D eigenvalue weighted by Gasteiger charge is 2.14. The topological polar surface area (TPSA) is 87.1 Å². The fourth-order valence-electron chi connectivity index (χ4n) is 1.91. The van der Waals surface area contributed by atoms with Gasteiger partial charge in [-0.3, -0.25) is 0 Å². The van der Waals surface area contributed by atoms with E-state index in [1.54, 1.807) is 0 Å². The molecule has 7 nitrogen and oxygen atoms in total. The highest BCUT2D eigenvalue weighted by atomic mass is 32.2. The Kier molecular flexibility index (Phi) is 4.92. The molecule has 8 heteroatoms. The molecule has 2 heterocycles. The number of aromatic nitrogens is 4. The molecule has 0 bridgehead atoms. The number of thioether (sulfide) groups is 1. The molecule has 0 fully saturated rings. The number of benzene rings is 1. The monoisotopic (exact) mass is 332 g/mol. The zero-order chi connectivity index (χ0) is 16.1. The van der Waals surface area contributed by atoms with Gasteiger partial charge in [0.05, 0.1) is 17.9 Å². The molecule has 0 atom stereocenters. The first-order chi connectivity index (χ1) is 11.3. The third kappa shape index (κ3) is 3.70. The second kappa shape index (κ2) is 7.28. The lowest BCUT2D eigenvalue weighted by molar-refractivity contribution is 0.340. The first-order valence-corrected chi connectivity index (χ1v) is 8.28. The average molecular weight is 332 g/mol. The summed E-state index contributed by atoms with van der Waals surface area (Å²) < 4.78 is 16.7. The largest absolute Gasteiger partial charge is 0.493 e. The van der Waals surface area contributed by atoms with Gasteiger partial charge in [-0.05, 0) is 19.1 Å². The fraction of sp³-hybridized carbons (Fsp3) is 0.333. The number of nitrogens with zero attached hydrogens (tertiary/aromatic N) is 4. The molecule has 3 rings (SSSR count). The van der Waals surface area contributed by atoms with Crippen molar-refractivity contribution in [2.24, 2.45) is 0 Å². The Hall–Kier alpha value is -2.35. The van der Waals surface area contributed by atoms with E-state index in [0.717, 1.165) is 17.7 Å². The zero-order valence-corrected chi connectivity index (χ0v) is 13.7. The van der Waals surface area contributed by atoms with E-state index >= 15 is 0 Å². The summed E-state index contributed by atoms with van der Waals surface area (Å²) in [6, 6.07) is 7.57. The molecule has 0 aliphatic carbocycles. The highest BCUT2D eigenvalue weighted by Crippen LogP contribution is 2.31. The lowest BCUT2D eigenvalue weighted by atomic mass is 10.2. The molecule has 1 aromatic carbocycles. The molecule has 0 N–H and O–H groups in total. The molecule has 0 radical (unpaired) electrons. The summed E-state index contributed by atoms with van der Waals surface area (Å²) in [5, 5.41) is 16.4. The van der Waals surface area contributed by atoms with Gasteiger partial charge < -0.3 is 13.6 Å². The van der Waals surface area contributed by atoms with Crippen LogP contribution < -0.4 is 4.74 Å². The quantitative estimate of drug-likeness (QED) is 0.609. The highest BCUT2D eigenvalue weighted by molar-refractivity contribution is 7.98. The standard InChI is InChI=1S/C15H16N4O3S/c1-3-12-16-17-13(21-12)9-23-15-19-18-14(22-15)10-7-5-6-8-11(10)20-4-2/h5-8H,3-4,9H2,1-2H3. The van der Waals surface area contributed by atoms with Gasteiger partial charge in [-0.1, -0.05) is 30.8 Å². The van der Waals surface area contributed by atoms with Crippen LogP contribution in [-0.2, 0) is 12.2 Å². The maximum Gasteiger partial charge on any atom is 0.277 e. The maximum absolute atomic E-state index is 5.68. The first kappa shape index (κ1) is 15.5. The number of hydrogen-bond acceptors (Lipinski definition) is 8. The van der Waals surface area contributed by atoms with Gasteiger partial charge in [-0.15, -0.1) is 20.4 Å². The van der Waals surface area contributed by atoms with Crippen molar-refractivity contribution in [3.05, 3.63) is 36.0 Å². The third-order valence-electron chi connectivity index (χ3n) is 2.95. The second-order valence-corrected chi connectivity index (χ2v) is 5.46. The molecular weight excluding hydrogens is 316 g/mol. The van der Waals surface area contributed by atoms with Gasteiger partial charge in [0, 0.05) is 6.42 Å². The third-order valence-corrected chi connectivity index (χ3v) is 3.76. The van der Waals surface area contributed by atoms with Crippen LogP contribution in [0.5, 0.6) is 5.75 Å². The van der Waals surface area contributed by atoms with Gasteiger partial charge in [0.15, 0.2) is 0 Å². The Labute approximate surface area is 137 Å². The molecule has 0 spiro atoms. The predicted molar refractivity (Wildman–Crippen MR) is 84.1 cm³/mol. The van der Waals surface area contributed by atoms with Crippen LogP contribution in [0.3, 0.4) is 0 Å². The summed E-state index contributed by atoms with van der Waals surface area (Å²) >= 11 is 1.35. The van der Waals surface area contributed by atoms with Crippen molar-refractivity contribution in [1.82, 2.24) is 20.4 Å². The van der Waals surface area contributed by atoms with Crippen LogP contribution in [0.1, 0.15) is 25.6 Å². The fourth-order valence-corrected chi connectivity index (χ4v) is 2.51. The number of aryl methyl sites for hydroxylation is 1. The van der Waals surface area contributed by atoms with Crippen molar-refractivity contribution in [3.63, 3.8) is 0 Å². The molecule has 23 heavy (non-hydrogen) atoms. The van der Waals surface area contributed by atoms with Crippen molar-refractivity contribution < 1.29 is 13.6 Å². The molecule has 0 saturated carbocycles. The van der Waals surface area contributed by atoms with Crippen molar-refractivity contribution >= 4 is 11.8 Å². The molecule has 0 amide bonds. The van der Waals surface area contributed by atoms with E-state index in [-0.39, 0.29) is 0 Å². The summed E-state index contributed by atoms with van der Waals surface area (Å²) in [4.78, 5) is 0. The van der Waals surface area contributed by atoms with E-state index in [0.29, 0.717) is 35.3 Å². The lowest BCUT2D eigenvalue weighted by Gasteiger charge is -2.05. The second-order valence-electron chi connectivity index (χ2n) is 4.53. The van der Waals surface area contributed by atoms with E-state index in [9.17, 15) is 0 Å². The summed E-state index contributed by atoms with van der Waals surface area (Å²) in [5.74, 6) is 2.80. The Balaban J connectivity index is 1.70. The van der Waals surface area contributed by atoms with Crippen LogP contribution in [0.4, 0.5) is 0 Å². The molecular formula is C15H16N4O3S. The minimum absolute atomic E-state index is 0.427. The minimum atomic E-state index is 0.427. The van der Waals surface area contributed by atoms with E-state index < -0.39 is 0 Å². The Morgan fingerprint density at radius 1 is 1.00 bits per heavy atom. The molecule has 3 aromatic rings. The minimum Gasteiger partial charge on any atom is -0.493 e. The van der Waals surface area contributed by atoms with Crippen molar-refractivity contribution in [1.29, 1.82) is 0 Å². The van der Waals surface area contributed by atoms with Gasteiger partial charge >= 0.3 is 0 Å². The Morgan fingerprint density at radius 3 is 2.61 bits per heavy atom. The molecule has 0 aliphatic heterocycles. The van der Waals surface area contributed by atoms with Crippen LogP contribution >= 0.6 is 11.8 Å². The SMILES string of the molecule is CCOc1ccccc1-c1nnc(SCc2nnc(CC)o2)o1. The van der Waals surface area contributed by atoms with Crippen LogP contribution in [0.15, 0.2) is 38.3 Å². The summed E-state index contributed by atoms with van der Waals surface area (Å²) in [7, 11) is 0. The van der Waals surface area contributed by atoms with Crippen LogP contribution in [-0.4, -0.2) is 27.0 Å². The van der Waals surface area contributed by atoms with Crippen molar-refractivity contribution in [2.75, 3.05) is 6.61 Å². The van der Waals surface area contributed by atoms with Crippen molar-refractivity contribution in [2.45, 2.75) is 31.2 Å². The van der Waals surface area contributed by atoms with Crippen LogP contribution in [0.2, 0.25) is 0 Å². The molecule has 120 valence electrons. The van der Waals surface area contributed by atoms with Gasteiger partial charge in [-0.25, -0.2) is 0 Å². The normalized spacial score (nSPS) is 10.9. The number of hydrogen-bond donors (Lipinski definition) is 0. The number of para-hydroxylation sites is 1. The van der Waals surface area contributed by atoms with Gasteiger partial charge in [-0.2, -0.15) is 0 Å². The summed E-state index contributed by atoms with van der Waals surface area (Å²) in [6.07, 6.45) is 0.719. The number of ether oxygens (including phenoxy) is 1. The lowest BCUT2D eigenvalue weighted by Crippen LogP contribution is -1.93. The maximum atomic E-state index is 5.68. The summed E-state index contributed by atoms with van der Waals surface area (Å²) in [5.41, 5.74) is 0.778. The Bertz CT molecular complexity index is 771. The predicted octanol–water partition coefficient (Wildman–Crippen LogP) is 3.37. The van der Waals surface area contributed by atoms with Gasteiger partial charge in [0.1, 0.15) is 5.75 Å². The van der Waals surface area contributed by atoms with Crippen LogP contribution in [0.25, 0.3) is 11.5 Å². The molecule has 2 aromatic heterocycles. The van der Waals surface area contributed by atoms with Gasteiger partial charge in [0.25, 0.3) is 11.1 Å². The molecule has 0 unspecified atom stereocenters. The van der Waals surface area contributed by atoms with Crippen LogP contribution in [0, 0.1) is 0 Å². The van der Waals surface area contributed by atoms with E-state index in [1.807, 2.05) is 38.1 Å². The average Bonchev–Trinajstić information content (AvgIpc) is 3.23. The summed E-state index contributed by atoms with van der Waals surface area (Å²) in [6.45, 7) is 4.47. The molecule has 0 saturated heterocycles. The zero-order valence-electron chi connectivity index (χ0n) is 12.9. The smallest absolute Gasteiger partial charge is 0.277 e. The van der Waals surface area contributed by atoms with E-state index in [2.05, 4.69) is 20.4 Å². The van der Waals surface area contributed by atoms with E-state index in [1.165, 1.54) is 11.8 Å². The Morgan fingerprint density at radius 2 is 1.83 bits per heavy atom. The van der Waals surface area contributed by atoms with Crippen molar-refractivity contribution in [3.8, 4) is 17.2 Å². The molecule has 0 aliphatic rings. The van der Waals surface area contributed by atoms with E-state index in [4.69, 9.17) is 13.6 Å².